The number of para-hydroxylation sites is 1. The van der Waals surface area contributed by atoms with E-state index in [1.807, 2.05) is 28.9 Å². The van der Waals surface area contributed by atoms with Gasteiger partial charge in [-0.05, 0) is 49.7 Å². The summed E-state index contributed by atoms with van der Waals surface area (Å²) in [6.45, 7) is 5.31. The average molecular weight is 315 g/mol. The number of nitrogens with zero attached hydrogens (tertiary/aromatic N) is 2. The predicted molar refractivity (Wildman–Crippen MR) is 87.1 cm³/mol. The van der Waals surface area contributed by atoms with Gasteiger partial charge in [-0.25, -0.2) is 4.68 Å². The Morgan fingerprint density at radius 3 is 2.82 bits per heavy atom. The van der Waals surface area contributed by atoms with Gasteiger partial charge in [-0.3, -0.25) is 9.48 Å². The fraction of sp³-hybridized carbons (Fsp3) is 0.500. The molecule has 114 valence electrons. The highest BCUT2D eigenvalue weighted by molar-refractivity contribution is 6.32. The van der Waals surface area contributed by atoms with E-state index in [9.17, 15) is 4.79 Å². The third-order valence-electron chi connectivity index (χ3n) is 6.63. The normalized spacial score (nSPS) is 33.9. The van der Waals surface area contributed by atoms with Gasteiger partial charge in [0.1, 0.15) is 0 Å². The molecule has 0 N–H and O–H groups in total. The molecule has 1 aromatic carbocycles. The Balaban J connectivity index is 1.85. The SMILES string of the molecule is CCn1c2c(c(=O)n1-c1ccccc1Cl)[C@H]1CC[C@@]23CC13C. The van der Waals surface area contributed by atoms with Crippen LogP contribution in [0.4, 0.5) is 0 Å². The highest BCUT2D eigenvalue weighted by Gasteiger charge is 2.78. The molecule has 0 radical (unpaired) electrons. The molecule has 22 heavy (non-hydrogen) atoms. The molecule has 1 unspecified atom stereocenters. The molecule has 3 nitrogen and oxygen atoms in total. The zero-order valence-corrected chi connectivity index (χ0v) is 13.7. The molecule has 3 aliphatic rings. The molecular formula is C18H19ClN2O. The maximum Gasteiger partial charge on any atom is 0.275 e. The molecule has 5 rings (SSSR count). The lowest BCUT2D eigenvalue weighted by molar-refractivity contribution is 0.463. The van der Waals surface area contributed by atoms with Gasteiger partial charge in [0, 0.05) is 17.5 Å². The van der Waals surface area contributed by atoms with Crippen molar-refractivity contribution >= 4 is 11.6 Å². The lowest BCUT2D eigenvalue weighted by atomic mass is 9.86. The predicted octanol–water partition coefficient (Wildman–Crippen LogP) is 3.85. The number of benzene rings is 1. The fourth-order valence-electron chi connectivity index (χ4n) is 5.60. The first kappa shape index (κ1) is 13.0. The Hall–Kier alpha value is -1.48. The smallest absolute Gasteiger partial charge is 0.275 e. The molecule has 0 saturated heterocycles. The first-order chi connectivity index (χ1) is 10.5. The van der Waals surface area contributed by atoms with E-state index in [-0.39, 0.29) is 11.0 Å². The summed E-state index contributed by atoms with van der Waals surface area (Å²) in [7, 11) is 0. The molecule has 3 aliphatic carbocycles. The van der Waals surface area contributed by atoms with Crippen molar-refractivity contribution in [2.45, 2.75) is 51.0 Å². The summed E-state index contributed by atoms with van der Waals surface area (Å²) in [5.74, 6) is 0.455. The van der Waals surface area contributed by atoms with Crippen molar-refractivity contribution in [2.24, 2.45) is 5.41 Å². The number of aromatic nitrogens is 2. The van der Waals surface area contributed by atoms with Gasteiger partial charge in [0.05, 0.1) is 16.4 Å². The Morgan fingerprint density at radius 1 is 1.36 bits per heavy atom. The molecule has 0 spiro atoms. The maximum atomic E-state index is 13.2. The zero-order valence-electron chi connectivity index (χ0n) is 12.9. The van der Waals surface area contributed by atoms with Gasteiger partial charge >= 0.3 is 0 Å². The molecule has 3 atom stereocenters. The van der Waals surface area contributed by atoms with Crippen LogP contribution in [0.2, 0.25) is 5.02 Å². The number of fused-ring (bicyclic) bond motifs is 2. The number of hydrogen-bond acceptors (Lipinski definition) is 1. The van der Waals surface area contributed by atoms with Crippen molar-refractivity contribution in [2.75, 3.05) is 0 Å². The van der Waals surface area contributed by atoms with Crippen LogP contribution in [-0.4, -0.2) is 9.36 Å². The van der Waals surface area contributed by atoms with Gasteiger partial charge in [0.25, 0.3) is 5.56 Å². The molecule has 0 aliphatic heterocycles. The van der Waals surface area contributed by atoms with Gasteiger partial charge in [-0.15, -0.1) is 0 Å². The van der Waals surface area contributed by atoms with Crippen molar-refractivity contribution < 1.29 is 0 Å². The second-order valence-electron chi connectivity index (χ2n) is 7.31. The van der Waals surface area contributed by atoms with Gasteiger partial charge in [-0.1, -0.05) is 30.7 Å². The van der Waals surface area contributed by atoms with Crippen molar-refractivity contribution in [1.29, 1.82) is 0 Å². The lowest BCUT2D eigenvalue weighted by Gasteiger charge is -2.20. The van der Waals surface area contributed by atoms with Gasteiger partial charge in [-0.2, -0.15) is 0 Å². The fourth-order valence-corrected chi connectivity index (χ4v) is 5.82. The van der Waals surface area contributed by atoms with Crippen LogP contribution in [0.25, 0.3) is 5.69 Å². The highest BCUT2D eigenvalue weighted by Crippen LogP contribution is 2.83. The molecule has 1 aromatic heterocycles. The van der Waals surface area contributed by atoms with Gasteiger partial charge < -0.3 is 0 Å². The first-order valence-corrected chi connectivity index (χ1v) is 8.54. The van der Waals surface area contributed by atoms with E-state index in [0.717, 1.165) is 17.8 Å². The molecule has 2 bridgehead atoms. The third kappa shape index (κ3) is 1.14. The zero-order chi connectivity index (χ0) is 15.3. The molecule has 0 amide bonds. The van der Waals surface area contributed by atoms with Gasteiger partial charge in [0.2, 0.25) is 0 Å². The largest absolute Gasteiger partial charge is 0.281 e. The second-order valence-corrected chi connectivity index (χ2v) is 7.72. The molecule has 4 heteroatoms. The van der Waals surface area contributed by atoms with E-state index >= 15 is 0 Å². The maximum absolute atomic E-state index is 13.2. The summed E-state index contributed by atoms with van der Waals surface area (Å²) in [5.41, 5.74) is 3.99. The minimum atomic E-state index is 0.155. The van der Waals surface area contributed by atoms with E-state index < -0.39 is 0 Å². The van der Waals surface area contributed by atoms with Crippen LogP contribution in [0.1, 0.15) is 50.3 Å². The topological polar surface area (TPSA) is 26.9 Å². The summed E-state index contributed by atoms with van der Waals surface area (Å²) >= 11 is 6.37. The van der Waals surface area contributed by atoms with E-state index in [1.165, 1.54) is 25.0 Å². The molecule has 2 saturated carbocycles. The Morgan fingerprint density at radius 2 is 2.14 bits per heavy atom. The molecule has 2 aromatic rings. The second kappa shape index (κ2) is 3.70. The highest BCUT2D eigenvalue weighted by atomic mass is 35.5. The van der Waals surface area contributed by atoms with Crippen LogP contribution < -0.4 is 5.56 Å². The number of halogens is 1. The monoisotopic (exact) mass is 314 g/mol. The average Bonchev–Trinajstić information content (AvgIpc) is 2.75. The van der Waals surface area contributed by atoms with Gasteiger partial charge in [0.15, 0.2) is 0 Å². The van der Waals surface area contributed by atoms with E-state index in [4.69, 9.17) is 11.6 Å². The molecular weight excluding hydrogens is 296 g/mol. The van der Waals surface area contributed by atoms with Crippen LogP contribution >= 0.6 is 11.6 Å². The third-order valence-corrected chi connectivity index (χ3v) is 6.95. The van der Waals surface area contributed by atoms with Crippen LogP contribution in [0, 0.1) is 5.41 Å². The van der Waals surface area contributed by atoms with Crippen LogP contribution in [0.15, 0.2) is 29.1 Å². The van der Waals surface area contributed by atoms with Crippen molar-refractivity contribution in [3.8, 4) is 5.69 Å². The summed E-state index contributed by atoms with van der Waals surface area (Å²) in [6, 6.07) is 7.65. The Labute approximate surface area is 134 Å². The van der Waals surface area contributed by atoms with E-state index in [1.54, 1.807) is 0 Å². The number of hydrogen-bond donors (Lipinski definition) is 0. The van der Waals surface area contributed by atoms with Crippen LogP contribution in [0.3, 0.4) is 0 Å². The summed E-state index contributed by atoms with van der Waals surface area (Å²) in [5, 5.41) is 0.638. The summed E-state index contributed by atoms with van der Waals surface area (Å²) in [6.07, 6.45) is 3.67. The molecule has 1 heterocycles. The first-order valence-electron chi connectivity index (χ1n) is 8.16. The summed E-state index contributed by atoms with van der Waals surface area (Å²) in [4.78, 5) is 13.2. The van der Waals surface area contributed by atoms with E-state index in [0.29, 0.717) is 16.4 Å². The van der Waals surface area contributed by atoms with Crippen molar-refractivity contribution in [3.05, 3.63) is 50.9 Å². The minimum absolute atomic E-state index is 0.155. The Bertz CT molecular complexity index is 876. The van der Waals surface area contributed by atoms with Crippen LogP contribution in [0.5, 0.6) is 0 Å². The van der Waals surface area contributed by atoms with E-state index in [2.05, 4.69) is 18.5 Å². The quantitative estimate of drug-likeness (QED) is 0.827. The van der Waals surface area contributed by atoms with Crippen molar-refractivity contribution in [3.63, 3.8) is 0 Å². The number of rotatable bonds is 2. The Kier molecular flexibility index (Phi) is 2.19. The molecule has 2 fully saturated rings. The van der Waals surface area contributed by atoms with Crippen molar-refractivity contribution in [1.82, 2.24) is 9.36 Å². The van der Waals surface area contributed by atoms with Crippen LogP contribution in [-0.2, 0) is 12.0 Å². The lowest BCUT2D eigenvalue weighted by Crippen LogP contribution is -2.25. The minimum Gasteiger partial charge on any atom is -0.281 e. The summed E-state index contributed by atoms with van der Waals surface area (Å²) < 4.78 is 4.02. The standard InChI is InChI=1S/C18H19ClN2O/c1-3-20-15-14(11-8-9-18(15)10-17(11,18)2)16(22)21(20)13-7-5-4-6-12(13)19/h4-7,11H,3,8-10H2,1-2H3/t11-,17?,18-/m1/s1.